The van der Waals surface area contributed by atoms with E-state index >= 15 is 0 Å². The number of halogens is 1. The zero-order valence-electron chi connectivity index (χ0n) is 12.9. The summed E-state index contributed by atoms with van der Waals surface area (Å²) in [5.74, 6) is -0.453. The van der Waals surface area contributed by atoms with Gasteiger partial charge in [0.05, 0.1) is 5.56 Å². The van der Waals surface area contributed by atoms with Crippen LogP contribution in [-0.2, 0) is 6.54 Å². The average Bonchev–Trinajstić information content (AvgIpc) is 2.62. The molecule has 0 aliphatic rings. The van der Waals surface area contributed by atoms with Gasteiger partial charge < -0.3 is 10.4 Å². The van der Waals surface area contributed by atoms with Gasteiger partial charge >= 0.3 is 0 Å². The summed E-state index contributed by atoms with van der Waals surface area (Å²) in [7, 11) is 0. The van der Waals surface area contributed by atoms with Crippen molar-refractivity contribution in [1.82, 2.24) is 5.32 Å². The van der Waals surface area contributed by atoms with Crippen LogP contribution in [0.15, 0.2) is 72.8 Å². The molecule has 0 aliphatic carbocycles. The lowest BCUT2D eigenvalue weighted by molar-refractivity contribution is 0.0948. The van der Waals surface area contributed by atoms with Gasteiger partial charge in [-0.15, -0.1) is 0 Å². The van der Waals surface area contributed by atoms with Crippen molar-refractivity contribution in [3.63, 3.8) is 0 Å². The number of phenols is 1. The number of carbonyl (C=O) groups is 1. The second-order valence-corrected chi connectivity index (χ2v) is 5.80. The molecule has 0 aliphatic heterocycles. The molecule has 0 heterocycles. The Morgan fingerprint density at radius 3 is 2.46 bits per heavy atom. The smallest absolute Gasteiger partial charge is 0.255 e. The largest absolute Gasteiger partial charge is 0.507 e. The minimum atomic E-state index is -0.363. The standard InChI is InChI=1S/C20H16ClNO2/c21-16-10-11-19(23)18(12-16)20(24)22-13-15-8-4-5-9-17(15)14-6-2-1-3-7-14/h1-12,23H,13H2,(H,22,24). The Bertz CT molecular complexity index is 863. The number of amides is 1. The van der Waals surface area contributed by atoms with Crippen LogP contribution in [0.2, 0.25) is 5.02 Å². The third kappa shape index (κ3) is 3.58. The number of aromatic hydroxyl groups is 1. The predicted octanol–water partition coefficient (Wildman–Crippen LogP) is 4.64. The number of benzene rings is 3. The molecule has 0 radical (unpaired) electrons. The highest BCUT2D eigenvalue weighted by Crippen LogP contribution is 2.24. The van der Waals surface area contributed by atoms with E-state index in [2.05, 4.69) is 5.32 Å². The molecule has 0 unspecified atom stereocenters. The van der Waals surface area contributed by atoms with Crippen molar-refractivity contribution in [2.75, 3.05) is 0 Å². The molecule has 0 fully saturated rings. The van der Waals surface area contributed by atoms with Gasteiger partial charge in [-0.3, -0.25) is 4.79 Å². The van der Waals surface area contributed by atoms with Gasteiger partial charge in [-0.25, -0.2) is 0 Å². The summed E-state index contributed by atoms with van der Waals surface area (Å²) < 4.78 is 0. The Balaban J connectivity index is 1.80. The van der Waals surface area contributed by atoms with E-state index in [9.17, 15) is 9.90 Å². The van der Waals surface area contributed by atoms with E-state index in [0.717, 1.165) is 16.7 Å². The molecule has 0 aromatic heterocycles. The van der Waals surface area contributed by atoms with Crippen LogP contribution in [0.3, 0.4) is 0 Å². The van der Waals surface area contributed by atoms with Crippen molar-refractivity contribution < 1.29 is 9.90 Å². The van der Waals surface area contributed by atoms with Crippen LogP contribution in [0.1, 0.15) is 15.9 Å². The summed E-state index contributed by atoms with van der Waals surface area (Å²) in [5, 5.41) is 13.1. The van der Waals surface area contributed by atoms with Crippen LogP contribution in [0.5, 0.6) is 5.75 Å². The summed E-state index contributed by atoms with van der Waals surface area (Å²) >= 11 is 5.89. The van der Waals surface area contributed by atoms with Gasteiger partial charge in [-0.05, 0) is 34.9 Å². The Labute approximate surface area is 145 Å². The van der Waals surface area contributed by atoms with Crippen LogP contribution >= 0.6 is 11.6 Å². The Morgan fingerprint density at radius 2 is 1.67 bits per heavy atom. The lowest BCUT2D eigenvalue weighted by atomic mass is 9.99. The van der Waals surface area contributed by atoms with E-state index in [-0.39, 0.29) is 17.2 Å². The van der Waals surface area contributed by atoms with Crippen LogP contribution in [-0.4, -0.2) is 11.0 Å². The van der Waals surface area contributed by atoms with Crippen molar-refractivity contribution in [1.29, 1.82) is 0 Å². The second-order valence-electron chi connectivity index (χ2n) is 5.37. The average molecular weight is 338 g/mol. The fourth-order valence-electron chi connectivity index (χ4n) is 2.53. The van der Waals surface area contributed by atoms with Gasteiger partial charge in [-0.2, -0.15) is 0 Å². The normalized spacial score (nSPS) is 10.4. The molecule has 0 bridgehead atoms. The number of phenolic OH excluding ortho intramolecular Hbond substituents is 1. The van der Waals surface area contributed by atoms with Gasteiger partial charge in [0, 0.05) is 11.6 Å². The molecular formula is C20H16ClNO2. The van der Waals surface area contributed by atoms with Crippen LogP contribution < -0.4 is 5.32 Å². The predicted molar refractivity (Wildman–Crippen MR) is 96.2 cm³/mol. The van der Waals surface area contributed by atoms with Crippen molar-refractivity contribution >= 4 is 17.5 Å². The molecular weight excluding hydrogens is 322 g/mol. The highest BCUT2D eigenvalue weighted by molar-refractivity contribution is 6.31. The summed E-state index contributed by atoms with van der Waals surface area (Å²) in [6.07, 6.45) is 0. The number of hydrogen-bond acceptors (Lipinski definition) is 2. The van der Waals surface area contributed by atoms with E-state index in [1.807, 2.05) is 54.6 Å². The minimum absolute atomic E-state index is 0.0896. The number of hydrogen-bond donors (Lipinski definition) is 2. The number of nitrogens with one attached hydrogen (secondary N) is 1. The molecule has 24 heavy (non-hydrogen) atoms. The first-order valence-electron chi connectivity index (χ1n) is 7.55. The molecule has 0 spiro atoms. The van der Waals surface area contributed by atoms with Crippen molar-refractivity contribution in [3.8, 4) is 16.9 Å². The van der Waals surface area contributed by atoms with E-state index in [1.54, 1.807) is 6.07 Å². The first-order chi connectivity index (χ1) is 11.6. The zero-order chi connectivity index (χ0) is 16.9. The van der Waals surface area contributed by atoms with Gasteiger partial charge in [0.25, 0.3) is 5.91 Å². The second kappa shape index (κ2) is 7.20. The maximum atomic E-state index is 12.3. The van der Waals surface area contributed by atoms with Crippen LogP contribution in [0.4, 0.5) is 0 Å². The molecule has 120 valence electrons. The fraction of sp³-hybridized carbons (Fsp3) is 0.0500. The molecule has 3 aromatic rings. The fourth-order valence-corrected chi connectivity index (χ4v) is 2.71. The summed E-state index contributed by atoms with van der Waals surface area (Å²) in [6.45, 7) is 0.357. The van der Waals surface area contributed by atoms with Crippen LogP contribution in [0.25, 0.3) is 11.1 Å². The number of carbonyl (C=O) groups excluding carboxylic acids is 1. The highest BCUT2D eigenvalue weighted by atomic mass is 35.5. The van der Waals surface area contributed by atoms with Gasteiger partial charge in [-0.1, -0.05) is 66.2 Å². The Hall–Kier alpha value is -2.78. The zero-order valence-corrected chi connectivity index (χ0v) is 13.6. The maximum absolute atomic E-state index is 12.3. The molecule has 1 amide bonds. The third-order valence-corrected chi connectivity index (χ3v) is 3.98. The molecule has 0 atom stereocenters. The molecule has 3 rings (SSSR count). The monoisotopic (exact) mass is 337 g/mol. The van der Waals surface area contributed by atoms with Crippen molar-refractivity contribution in [2.45, 2.75) is 6.54 Å². The molecule has 3 aromatic carbocycles. The first-order valence-corrected chi connectivity index (χ1v) is 7.93. The Kier molecular flexibility index (Phi) is 4.82. The molecule has 2 N–H and O–H groups in total. The van der Waals surface area contributed by atoms with Crippen LogP contribution in [0, 0.1) is 0 Å². The molecule has 4 heteroatoms. The van der Waals surface area contributed by atoms with Gasteiger partial charge in [0.15, 0.2) is 0 Å². The Morgan fingerprint density at radius 1 is 0.958 bits per heavy atom. The topological polar surface area (TPSA) is 49.3 Å². The van der Waals surface area contributed by atoms with Crippen molar-refractivity contribution in [3.05, 3.63) is 88.9 Å². The third-order valence-electron chi connectivity index (χ3n) is 3.74. The van der Waals surface area contributed by atoms with Gasteiger partial charge in [0.1, 0.15) is 5.75 Å². The molecule has 3 nitrogen and oxygen atoms in total. The minimum Gasteiger partial charge on any atom is -0.507 e. The summed E-state index contributed by atoms with van der Waals surface area (Å²) in [4.78, 5) is 12.3. The first kappa shape index (κ1) is 16.1. The van der Waals surface area contributed by atoms with E-state index in [4.69, 9.17) is 11.6 Å². The van der Waals surface area contributed by atoms with Gasteiger partial charge in [0.2, 0.25) is 0 Å². The van der Waals surface area contributed by atoms with E-state index < -0.39 is 0 Å². The maximum Gasteiger partial charge on any atom is 0.255 e. The summed E-state index contributed by atoms with van der Waals surface area (Å²) in [6, 6.07) is 22.3. The highest BCUT2D eigenvalue weighted by Gasteiger charge is 2.12. The lowest BCUT2D eigenvalue weighted by Crippen LogP contribution is -2.23. The quantitative estimate of drug-likeness (QED) is 0.728. The van der Waals surface area contributed by atoms with E-state index in [1.165, 1.54) is 12.1 Å². The summed E-state index contributed by atoms with van der Waals surface area (Å²) in [5.41, 5.74) is 3.32. The van der Waals surface area contributed by atoms with Crippen molar-refractivity contribution in [2.24, 2.45) is 0 Å². The molecule has 0 saturated heterocycles. The lowest BCUT2D eigenvalue weighted by Gasteiger charge is -2.12. The number of rotatable bonds is 4. The molecule has 0 saturated carbocycles. The van der Waals surface area contributed by atoms with E-state index in [0.29, 0.717) is 11.6 Å². The SMILES string of the molecule is O=C(NCc1ccccc1-c1ccccc1)c1cc(Cl)ccc1O.